The van der Waals surface area contributed by atoms with Crippen LogP contribution in [0.3, 0.4) is 0 Å². The van der Waals surface area contributed by atoms with Crippen LogP contribution in [0.2, 0.25) is 0 Å². The fraction of sp³-hybridized carbons (Fsp3) is 0.0714. The highest BCUT2D eigenvalue weighted by atomic mass is 79.9. The molecule has 0 heterocycles. The van der Waals surface area contributed by atoms with Crippen molar-refractivity contribution in [3.05, 3.63) is 52.0 Å². The van der Waals surface area contributed by atoms with Crippen molar-refractivity contribution in [3.8, 4) is 11.5 Å². The highest BCUT2D eigenvalue weighted by Crippen LogP contribution is 2.34. The molecule has 0 atom stereocenters. The summed E-state index contributed by atoms with van der Waals surface area (Å²) < 4.78 is 32.9. The molecule has 0 aliphatic heterocycles. The monoisotopic (exact) mass is 372 g/mol. The predicted molar refractivity (Wildman–Crippen MR) is 83.4 cm³/mol. The topological polar surface area (TPSA) is 59.1 Å². The van der Waals surface area contributed by atoms with E-state index in [0.717, 1.165) is 11.0 Å². The normalized spacial score (nSPS) is 10.5. The minimum Gasteiger partial charge on any atom is -0.453 e. The molecule has 0 amide bonds. The Balaban J connectivity index is 2.52. The van der Waals surface area contributed by atoms with Crippen LogP contribution in [0.1, 0.15) is 5.56 Å². The van der Waals surface area contributed by atoms with Crippen LogP contribution in [0, 0.1) is 17.0 Å². The first-order chi connectivity index (χ1) is 9.93. The zero-order chi connectivity index (χ0) is 15.6. The Labute approximate surface area is 133 Å². The van der Waals surface area contributed by atoms with E-state index in [9.17, 15) is 8.78 Å². The number of hydrogen-bond donors (Lipinski definition) is 2. The molecule has 0 unspecified atom stereocenters. The zero-order valence-electron chi connectivity index (χ0n) is 10.9. The van der Waals surface area contributed by atoms with Crippen LogP contribution in [0.5, 0.6) is 11.5 Å². The highest BCUT2D eigenvalue weighted by molar-refractivity contribution is 9.10. The predicted octanol–water partition coefficient (Wildman–Crippen LogP) is 4.53. The average Bonchev–Trinajstić information content (AvgIpc) is 2.43. The van der Waals surface area contributed by atoms with Crippen LogP contribution in [0.15, 0.2) is 39.7 Å². The van der Waals surface area contributed by atoms with Gasteiger partial charge in [0.05, 0.1) is 5.56 Å². The van der Waals surface area contributed by atoms with Gasteiger partial charge in [0, 0.05) is 9.37 Å². The van der Waals surface area contributed by atoms with E-state index in [4.69, 9.17) is 15.9 Å². The second kappa shape index (κ2) is 6.44. The van der Waals surface area contributed by atoms with E-state index in [-0.39, 0.29) is 17.3 Å². The highest BCUT2D eigenvalue weighted by Gasteiger charge is 2.17. The number of benzene rings is 2. The van der Waals surface area contributed by atoms with Gasteiger partial charge < -0.3 is 10.5 Å². The molecule has 3 nitrogen and oxygen atoms in total. The van der Waals surface area contributed by atoms with Crippen molar-refractivity contribution in [2.75, 3.05) is 6.26 Å². The van der Waals surface area contributed by atoms with Crippen molar-refractivity contribution in [1.29, 1.82) is 5.41 Å². The van der Waals surface area contributed by atoms with Crippen molar-refractivity contribution in [3.63, 3.8) is 0 Å². The minimum atomic E-state index is -1.10. The van der Waals surface area contributed by atoms with E-state index in [0.29, 0.717) is 10.0 Å². The molecule has 110 valence electrons. The van der Waals surface area contributed by atoms with Crippen LogP contribution in [-0.2, 0) is 0 Å². The first-order valence-electron chi connectivity index (χ1n) is 5.77. The van der Waals surface area contributed by atoms with Gasteiger partial charge in [-0.1, -0.05) is 22.0 Å². The van der Waals surface area contributed by atoms with Gasteiger partial charge in [0.2, 0.25) is 5.82 Å². The molecule has 0 aromatic heterocycles. The molecule has 0 radical (unpaired) electrons. The van der Waals surface area contributed by atoms with Crippen LogP contribution in [0.25, 0.3) is 0 Å². The SMILES string of the molecule is CSc1cccc(Oc2cc(Br)cc(F)c2F)c1C(=N)N. The van der Waals surface area contributed by atoms with Crippen LogP contribution >= 0.6 is 27.7 Å². The number of hydrogen-bond acceptors (Lipinski definition) is 3. The van der Waals surface area contributed by atoms with Crippen LogP contribution in [-0.4, -0.2) is 12.1 Å². The maximum atomic E-state index is 13.8. The van der Waals surface area contributed by atoms with E-state index in [2.05, 4.69) is 15.9 Å². The Morgan fingerprint density at radius 1 is 1.29 bits per heavy atom. The third-order valence-corrected chi connectivity index (χ3v) is 3.89. The van der Waals surface area contributed by atoms with Gasteiger partial charge in [-0.25, -0.2) is 4.39 Å². The number of thioether (sulfide) groups is 1. The molecular weight excluding hydrogens is 362 g/mol. The summed E-state index contributed by atoms with van der Waals surface area (Å²) in [5.74, 6) is -2.40. The number of rotatable bonds is 4. The van der Waals surface area contributed by atoms with Gasteiger partial charge in [-0.05, 0) is 30.5 Å². The molecule has 0 bridgehead atoms. The molecule has 2 aromatic rings. The Kier molecular flexibility index (Phi) is 4.84. The van der Waals surface area contributed by atoms with Gasteiger partial charge >= 0.3 is 0 Å². The lowest BCUT2D eigenvalue weighted by Gasteiger charge is -2.14. The molecule has 2 rings (SSSR count). The number of nitrogens with one attached hydrogen (secondary N) is 1. The second-order valence-electron chi connectivity index (χ2n) is 4.05. The van der Waals surface area contributed by atoms with E-state index in [1.54, 1.807) is 18.2 Å². The Bertz CT molecular complexity index is 710. The number of halogens is 3. The third kappa shape index (κ3) is 3.36. The van der Waals surface area contributed by atoms with E-state index in [1.165, 1.54) is 17.8 Å². The number of ether oxygens (including phenoxy) is 1. The molecule has 0 saturated heterocycles. The Morgan fingerprint density at radius 3 is 2.62 bits per heavy atom. The summed E-state index contributed by atoms with van der Waals surface area (Å²) in [6, 6.07) is 7.33. The summed E-state index contributed by atoms with van der Waals surface area (Å²) in [5.41, 5.74) is 5.91. The first-order valence-corrected chi connectivity index (χ1v) is 7.79. The summed E-state index contributed by atoms with van der Waals surface area (Å²) in [5, 5.41) is 7.63. The average molecular weight is 373 g/mol. The van der Waals surface area contributed by atoms with Gasteiger partial charge in [-0.3, -0.25) is 5.41 Å². The molecular formula is C14H11BrF2N2OS. The summed E-state index contributed by atoms with van der Waals surface area (Å²) in [6.45, 7) is 0. The van der Waals surface area contributed by atoms with Crippen LogP contribution in [0.4, 0.5) is 8.78 Å². The fourth-order valence-electron chi connectivity index (χ4n) is 1.76. The van der Waals surface area contributed by atoms with Crippen molar-refractivity contribution in [2.24, 2.45) is 5.73 Å². The van der Waals surface area contributed by atoms with Crippen molar-refractivity contribution in [2.45, 2.75) is 4.90 Å². The lowest BCUT2D eigenvalue weighted by Crippen LogP contribution is -2.13. The van der Waals surface area contributed by atoms with E-state index >= 15 is 0 Å². The van der Waals surface area contributed by atoms with Gasteiger partial charge in [0.15, 0.2) is 11.6 Å². The first kappa shape index (κ1) is 15.8. The minimum absolute atomic E-state index is 0.200. The summed E-state index contributed by atoms with van der Waals surface area (Å²) >= 11 is 4.46. The molecule has 2 aromatic carbocycles. The molecule has 0 fully saturated rings. The molecule has 3 N–H and O–H groups in total. The third-order valence-electron chi connectivity index (χ3n) is 2.66. The standard InChI is InChI=1S/C14H11BrF2N2OS/c1-21-11-4-2-3-9(12(11)14(18)19)20-10-6-7(15)5-8(16)13(10)17/h2-6H,1H3,(H3,18,19). The van der Waals surface area contributed by atoms with E-state index < -0.39 is 11.6 Å². The van der Waals surface area contributed by atoms with Gasteiger partial charge in [-0.15, -0.1) is 11.8 Å². The van der Waals surface area contributed by atoms with E-state index in [1.807, 2.05) is 6.26 Å². The summed E-state index contributed by atoms with van der Waals surface area (Å²) in [6.07, 6.45) is 1.82. The molecule has 0 aliphatic carbocycles. The van der Waals surface area contributed by atoms with Gasteiger partial charge in [-0.2, -0.15) is 4.39 Å². The molecule has 21 heavy (non-hydrogen) atoms. The summed E-state index contributed by atoms with van der Waals surface area (Å²) in [7, 11) is 0. The Morgan fingerprint density at radius 2 is 2.00 bits per heavy atom. The Hall–Kier alpha value is -1.60. The molecule has 0 saturated carbocycles. The van der Waals surface area contributed by atoms with Gasteiger partial charge in [0.25, 0.3) is 0 Å². The lowest BCUT2D eigenvalue weighted by atomic mass is 10.2. The number of nitrogens with two attached hydrogens (primary N) is 1. The molecule has 0 spiro atoms. The zero-order valence-corrected chi connectivity index (χ0v) is 13.3. The van der Waals surface area contributed by atoms with Crippen molar-refractivity contribution >= 4 is 33.5 Å². The van der Waals surface area contributed by atoms with Gasteiger partial charge in [0.1, 0.15) is 11.6 Å². The smallest absolute Gasteiger partial charge is 0.201 e. The quantitative estimate of drug-likeness (QED) is 0.358. The number of amidine groups is 1. The van der Waals surface area contributed by atoms with Crippen molar-refractivity contribution < 1.29 is 13.5 Å². The van der Waals surface area contributed by atoms with Crippen LogP contribution < -0.4 is 10.5 Å². The number of nitrogen functional groups attached to an aromatic ring is 1. The maximum absolute atomic E-state index is 13.8. The summed E-state index contributed by atoms with van der Waals surface area (Å²) in [4.78, 5) is 0.718. The largest absolute Gasteiger partial charge is 0.453 e. The molecule has 7 heteroatoms. The lowest BCUT2D eigenvalue weighted by molar-refractivity contribution is 0.414. The second-order valence-corrected chi connectivity index (χ2v) is 5.81. The molecule has 0 aliphatic rings. The van der Waals surface area contributed by atoms with Crippen molar-refractivity contribution in [1.82, 2.24) is 0 Å². The fourth-order valence-corrected chi connectivity index (χ4v) is 2.79. The maximum Gasteiger partial charge on any atom is 0.201 e.